The van der Waals surface area contributed by atoms with Gasteiger partial charge in [-0.05, 0) is 42.1 Å². The van der Waals surface area contributed by atoms with Crippen molar-refractivity contribution in [3.8, 4) is 0 Å². The lowest BCUT2D eigenvalue weighted by Gasteiger charge is -2.25. The molecule has 0 saturated carbocycles. The van der Waals surface area contributed by atoms with Crippen molar-refractivity contribution >= 4 is 58.2 Å². The molecule has 1 aromatic rings. The third-order valence-electron chi connectivity index (χ3n) is 5.25. The smallest absolute Gasteiger partial charge is 0.325 e. The molecule has 172 valence electrons. The Labute approximate surface area is 194 Å². The minimum absolute atomic E-state index is 0.00787. The van der Waals surface area contributed by atoms with Crippen LogP contribution in [0.3, 0.4) is 0 Å². The topological polar surface area (TPSA) is 116 Å². The molecule has 9 nitrogen and oxygen atoms in total. The predicted octanol–water partition coefficient (Wildman–Crippen LogP) is 2.79. The van der Waals surface area contributed by atoms with Gasteiger partial charge >= 0.3 is 6.03 Å². The highest BCUT2D eigenvalue weighted by atomic mass is 32.2. The van der Waals surface area contributed by atoms with Crippen LogP contribution in [0.1, 0.15) is 44.4 Å². The third kappa shape index (κ3) is 5.04. The molecule has 0 radical (unpaired) electrons. The molecule has 2 fully saturated rings. The van der Waals surface area contributed by atoms with Crippen molar-refractivity contribution in [3.63, 3.8) is 0 Å². The number of thiophene rings is 1. The second-order valence-corrected chi connectivity index (χ2v) is 9.57. The van der Waals surface area contributed by atoms with Crippen LogP contribution in [0.25, 0.3) is 6.08 Å². The predicted molar refractivity (Wildman–Crippen MR) is 123 cm³/mol. The summed E-state index contributed by atoms with van der Waals surface area (Å²) in [6.07, 6.45) is 4.16. The molecule has 2 saturated heterocycles. The SMILES string of the molecule is CCCC1(CCC)NC(=O)N(CC(=O)NCCN2C(=O)S/C(=C\c3cccs3)C2=O)C1=O. The highest BCUT2D eigenvalue weighted by molar-refractivity contribution is 8.18. The molecule has 6 amide bonds. The maximum Gasteiger partial charge on any atom is 0.325 e. The summed E-state index contributed by atoms with van der Waals surface area (Å²) >= 11 is 2.32. The van der Waals surface area contributed by atoms with Gasteiger partial charge in [0.25, 0.3) is 17.1 Å². The summed E-state index contributed by atoms with van der Waals surface area (Å²) in [5, 5.41) is 6.83. The molecule has 32 heavy (non-hydrogen) atoms. The van der Waals surface area contributed by atoms with Crippen LogP contribution in [0.4, 0.5) is 9.59 Å². The summed E-state index contributed by atoms with van der Waals surface area (Å²) in [5.41, 5.74) is -0.947. The maximum absolute atomic E-state index is 12.8. The van der Waals surface area contributed by atoms with Gasteiger partial charge in [0.1, 0.15) is 12.1 Å². The molecule has 3 heterocycles. The van der Waals surface area contributed by atoms with Gasteiger partial charge in [0.2, 0.25) is 5.91 Å². The van der Waals surface area contributed by atoms with Crippen LogP contribution in [0.15, 0.2) is 22.4 Å². The van der Waals surface area contributed by atoms with Gasteiger partial charge in [0.05, 0.1) is 4.91 Å². The molecule has 0 unspecified atom stereocenters. The first-order valence-corrected chi connectivity index (χ1v) is 12.2. The van der Waals surface area contributed by atoms with E-state index in [9.17, 15) is 24.0 Å². The standard InChI is InChI=1S/C21H26N4O5S2/c1-3-7-21(8-4-2)18(28)25(19(29)23-21)13-16(26)22-9-10-24-17(27)15(32-20(24)30)12-14-6-5-11-31-14/h5-6,11-12H,3-4,7-10,13H2,1-2H3,(H,22,26)(H,23,29)/b15-12-. The average molecular weight is 479 g/mol. The fraction of sp³-hybridized carbons (Fsp3) is 0.476. The zero-order valence-corrected chi connectivity index (χ0v) is 19.6. The Balaban J connectivity index is 1.52. The molecular weight excluding hydrogens is 452 g/mol. The minimum atomic E-state index is -0.947. The van der Waals surface area contributed by atoms with Crippen molar-refractivity contribution in [2.45, 2.75) is 45.1 Å². The first-order chi connectivity index (χ1) is 15.3. The maximum atomic E-state index is 12.8. The number of nitrogens with one attached hydrogen (secondary N) is 2. The number of hydrogen-bond donors (Lipinski definition) is 2. The lowest BCUT2D eigenvalue weighted by atomic mass is 9.88. The van der Waals surface area contributed by atoms with Gasteiger partial charge in [-0.3, -0.25) is 29.0 Å². The van der Waals surface area contributed by atoms with E-state index >= 15 is 0 Å². The Bertz CT molecular complexity index is 938. The van der Waals surface area contributed by atoms with Crippen LogP contribution in [0.5, 0.6) is 0 Å². The number of thioether (sulfide) groups is 1. The zero-order valence-electron chi connectivity index (χ0n) is 18.0. The Morgan fingerprint density at radius 1 is 1.16 bits per heavy atom. The fourth-order valence-corrected chi connectivity index (χ4v) is 5.43. The number of hydrogen-bond acceptors (Lipinski definition) is 7. The van der Waals surface area contributed by atoms with E-state index in [-0.39, 0.29) is 19.0 Å². The molecule has 1 aromatic heterocycles. The first-order valence-electron chi connectivity index (χ1n) is 10.5. The van der Waals surface area contributed by atoms with E-state index in [1.54, 1.807) is 6.08 Å². The van der Waals surface area contributed by atoms with Gasteiger partial charge in [-0.15, -0.1) is 11.3 Å². The highest BCUT2D eigenvalue weighted by Crippen LogP contribution is 2.32. The monoisotopic (exact) mass is 478 g/mol. The Kier molecular flexibility index (Phi) is 7.73. The molecule has 3 rings (SSSR count). The van der Waals surface area contributed by atoms with Crippen molar-refractivity contribution < 1.29 is 24.0 Å². The number of amides is 6. The van der Waals surface area contributed by atoms with Crippen LogP contribution in [-0.2, 0) is 14.4 Å². The molecule has 0 spiro atoms. The minimum Gasteiger partial charge on any atom is -0.353 e. The number of imide groups is 2. The van der Waals surface area contributed by atoms with E-state index in [0.717, 1.165) is 39.3 Å². The normalized spacial score (nSPS) is 19.2. The van der Waals surface area contributed by atoms with Crippen LogP contribution in [-0.4, -0.2) is 64.0 Å². The number of rotatable bonds is 10. The Morgan fingerprint density at radius 2 is 1.88 bits per heavy atom. The number of nitrogens with zero attached hydrogens (tertiary/aromatic N) is 2. The van der Waals surface area contributed by atoms with Crippen LogP contribution in [0.2, 0.25) is 0 Å². The largest absolute Gasteiger partial charge is 0.353 e. The summed E-state index contributed by atoms with van der Waals surface area (Å²) < 4.78 is 0. The summed E-state index contributed by atoms with van der Waals surface area (Å²) in [7, 11) is 0. The van der Waals surface area contributed by atoms with Crippen molar-refractivity contribution in [2.24, 2.45) is 0 Å². The number of carbonyl (C=O) groups is 5. The van der Waals surface area contributed by atoms with Gasteiger partial charge in [-0.25, -0.2) is 4.79 Å². The second-order valence-electron chi connectivity index (χ2n) is 7.60. The summed E-state index contributed by atoms with van der Waals surface area (Å²) in [6.45, 7) is 3.51. The second kappa shape index (κ2) is 10.3. The van der Waals surface area contributed by atoms with Crippen LogP contribution >= 0.6 is 23.1 Å². The molecule has 2 N–H and O–H groups in total. The van der Waals surface area contributed by atoms with Crippen molar-refractivity contribution in [2.75, 3.05) is 19.6 Å². The fourth-order valence-electron chi connectivity index (χ4n) is 3.84. The van der Waals surface area contributed by atoms with E-state index in [0.29, 0.717) is 17.7 Å². The average Bonchev–Trinajstić information content (AvgIpc) is 3.40. The van der Waals surface area contributed by atoms with E-state index in [1.165, 1.54) is 11.3 Å². The Morgan fingerprint density at radius 3 is 2.50 bits per heavy atom. The molecule has 2 aliphatic heterocycles. The molecule has 2 aliphatic rings. The van der Waals surface area contributed by atoms with Gasteiger partial charge < -0.3 is 10.6 Å². The number of carbonyl (C=O) groups excluding carboxylic acids is 5. The highest BCUT2D eigenvalue weighted by Gasteiger charge is 2.50. The molecule has 11 heteroatoms. The lowest BCUT2D eigenvalue weighted by Crippen LogP contribution is -2.48. The summed E-state index contributed by atoms with van der Waals surface area (Å²) in [5.74, 6) is -1.31. The quantitative estimate of drug-likeness (QED) is 0.395. The van der Waals surface area contributed by atoms with Gasteiger partial charge in [0.15, 0.2) is 0 Å². The zero-order chi connectivity index (χ0) is 23.3. The van der Waals surface area contributed by atoms with Gasteiger partial charge in [-0.1, -0.05) is 32.8 Å². The van der Waals surface area contributed by atoms with E-state index in [1.807, 2.05) is 31.4 Å². The third-order valence-corrected chi connectivity index (χ3v) is 6.98. The van der Waals surface area contributed by atoms with E-state index in [4.69, 9.17) is 0 Å². The summed E-state index contributed by atoms with van der Waals surface area (Å²) in [6, 6.07) is 3.14. The van der Waals surface area contributed by atoms with Gasteiger partial charge in [0, 0.05) is 18.0 Å². The van der Waals surface area contributed by atoms with E-state index in [2.05, 4.69) is 10.6 Å². The van der Waals surface area contributed by atoms with Crippen molar-refractivity contribution in [3.05, 3.63) is 27.3 Å². The van der Waals surface area contributed by atoms with Crippen molar-refractivity contribution in [1.29, 1.82) is 0 Å². The van der Waals surface area contributed by atoms with Crippen LogP contribution in [0, 0.1) is 0 Å². The molecular formula is C21H26N4O5S2. The van der Waals surface area contributed by atoms with Crippen LogP contribution < -0.4 is 10.6 Å². The van der Waals surface area contributed by atoms with Crippen molar-refractivity contribution in [1.82, 2.24) is 20.4 Å². The summed E-state index contributed by atoms with van der Waals surface area (Å²) in [4.78, 5) is 65.4. The molecule has 0 bridgehead atoms. The lowest BCUT2D eigenvalue weighted by molar-refractivity contribution is -0.135. The van der Waals surface area contributed by atoms with Gasteiger partial charge in [-0.2, -0.15) is 0 Å². The molecule has 0 atom stereocenters. The first kappa shape index (κ1) is 24.0. The molecule has 0 aliphatic carbocycles. The number of urea groups is 1. The Hall–Kier alpha value is -2.66. The molecule has 0 aromatic carbocycles. The van der Waals surface area contributed by atoms with E-state index < -0.39 is 35.2 Å².